The quantitative estimate of drug-likeness (QED) is 0.273. The number of thioether (sulfide) groups is 1. The lowest BCUT2D eigenvalue weighted by atomic mass is 10.1. The average Bonchev–Trinajstić information content (AvgIpc) is 3.21. The van der Waals surface area contributed by atoms with Gasteiger partial charge in [0.1, 0.15) is 5.00 Å². The molecule has 2 heterocycles. The van der Waals surface area contributed by atoms with E-state index in [4.69, 9.17) is 4.74 Å². The van der Waals surface area contributed by atoms with Gasteiger partial charge in [0.05, 0.1) is 17.9 Å². The minimum atomic E-state index is -0.323. The molecule has 0 atom stereocenters. The SMILES string of the molecule is CCOC(=O)c1c(NC(=O)CSc2cn(CC)c3ccccc23)sc2c1CCCCC2. The van der Waals surface area contributed by atoms with Crippen LogP contribution in [-0.2, 0) is 28.9 Å². The molecule has 31 heavy (non-hydrogen) atoms. The molecule has 0 spiro atoms. The minimum Gasteiger partial charge on any atom is -0.462 e. The van der Waals surface area contributed by atoms with Crippen LogP contribution >= 0.6 is 23.1 Å². The number of esters is 1. The van der Waals surface area contributed by atoms with E-state index in [0.717, 1.165) is 48.1 Å². The fourth-order valence-electron chi connectivity index (χ4n) is 4.15. The van der Waals surface area contributed by atoms with Crippen LogP contribution in [0.1, 0.15) is 53.9 Å². The lowest BCUT2D eigenvalue weighted by molar-refractivity contribution is -0.113. The smallest absolute Gasteiger partial charge is 0.341 e. The third kappa shape index (κ3) is 4.67. The van der Waals surface area contributed by atoms with E-state index in [1.54, 1.807) is 11.3 Å². The molecule has 7 heteroatoms. The Labute approximate surface area is 191 Å². The second kappa shape index (κ2) is 9.92. The van der Waals surface area contributed by atoms with Crippen molar-refractivity contribution in [3.05, 3.63) is 46.5 Å². The lowest BCUT2D eigenvalue weighted by Crippen LogP contribution is -2.16. The number of fused-ring (bicyclic) bond motifs is 2. The standard InChI is InChI=1S/C24H28N2O3S2/c1-3-26-14-20(16-10-8-9-12-18(16)26)30-15-21(27)25-23-22(24(28)29-4-2)17-11-6-5-7-13-19(17)31-23/h8-10,12,14H,3-7,11,13,15H2,1-2H3,(H,25,27). The summed E-state index contributed by atoms with van der Waals surface area (Å²) in [7, 11) is 0. The Kier molecular flexibility index (Phi) is 7.02. The number of rotatable bonds is 7. The Morgan fingerprint density at radius 3 is 2.77 bits per heavy atom. The summed E-state index contributed by atoms with van der Waals surface area (Å²) in [5, 5.41) is 4.83. The van der Waals surface area contributed by atoms with Gasteiger partial charge in [0, 0.05) is 33.4 Å². The number of ether oxygens (including phenoxy) is 1. The van der Waals surface area contributed by atoms with Crippen molar-refractivity contribution >= 4 is 50.9 Å². The molecular weight excluding hydrogens is 428 g/mol. The van der Waals surface area contributed by atoms with E-state index < -0.39 is 0 Å². The predicted octanol–water partition coefficient (Wildman–Crippen LogP) is 5.90. The van der Waals surface area contributed by atoms with Crippen LogP contribution < -0.4 is 5.32 Å². The van der Waals surface area contributed by atoms with Crippen molar-refractivity contribution in [2.45, 2.75) is 57.4 Å². The molecule has 1 N–H and O–H groups in total. The van der Waals surface area contributed by atoms with Crippen LogP contribution in [0.2, 0.25) is 0 Å². The van der Waals surface area contributed by atoms with Gasteiger partial charge in [-0.25, -0.2) is 4.79 Å². The molecule has 0 unspecified atom stereocenters. The first kappa shape index (κ1) is 22.0. The van der Waals surface area contributed by atoms with Crippen molar-refractivity contribution in [2.75, 3.05) is 17.7 Å². The highest BCUT2D eigenvalue weighted by molar-refractivity contribution is 8.00. The van der Waals surface area contributed by atoms with E-state index in [2.05, 4.69) is 35.1 Å². The number of nitrogens with one attached hydrogen (secondary N) is 1. The van der Waals surface area contributed by atoms with Crippen molar-refractivity contribution in [1.29, 1.82) is 0 Å². The van der Waals surface area contributed by atoms with Crippen LogP contribution in [0.5, 0.6) is 0 Å². The topological polar surface area (TPSA) is 60.3 Å². The first-order valence-corrected chi connectivity index (χ1v) is 12.7. The average molecular weight is 457 g/mol. The largest absolute Gasteiger partial charge is 0.462 e. The zero-order chi connectivity index (χ0) is 21.8. The number of hydrogen-bond acceptors (Lipinski definition) is 5. The molecule has 0 aliphatic heterocycles. The number of nitrogens with zero attached hydrogens (tertiary/aromatic N) is 1. The van der Waals surface area contributed by atoms with Gasteiger partial charge in [-0.1, -0.05) is 24.6 Å². The summed E-state index contributed by atoms with van der Waals surface area (Å²) in [6, 6.07) is 8.26. The van der Waals surface area contributed by atoms with Gasteiger partial charge in [-0.2, -0.15) is 0 Å². The summed E-state index contributed by atoms with van der Waals surface area (Å²) in [5.41, 5.74) is 2.83. The number of aromatic nitrogens is 1. The highest BCUT2D eigenvalue weighted by Gasteiger charge is 2.26. The molecule has 0 saturated heterocycles. The van der Waals surface area contributed by atoms with Gasteiger partial charge < -0.3 is 14.6 Å². The van der Waals surface area contributed by atoms with Crippen LogP contribution in [0.3, 0.4) is 0 Å². The molecule has 4 rings (SSSR count). The summed E-state index contributed by atoms with van der Waals surface area (Å²) in [4.78, 5) is 27.8. The van der Waals surface area contributed by atoms with Gasteiger partial charge in [0.2, 0.25) is 5.91 Å². The molecular formula is C24H28N2O3S2. The van der Waals surface area contributed by atoms with E-state index in [9.17, 15) is 9.59 Å². The molecule has 1 aromatic carbocycles. The number of carbonyl (C=O) groups is 2. The highest BCUT2D eigenvalue weighted by atomic mass is 32.2. The number of amides is 1. The number of hydrogen-bond donors (Lipinski definition) is 1. The molecule has 0 radical (unpaired) electrons. The maximum absolute atomic E-state index is 12.8. The number of thiophene rings is 1. The van der Waals surface area contributed by atoms with Crippen LogP contribution in [-0.4, -0.2) is 28.8 Å². The van der Waals surface area contributed by atoms with Crippen molar-refractivity contribution in [3.8, 4) is 0 Å². The van der Waals surface area contributed by atoms with Crippen molar-refractivity contribution in [3.63, 3.8) is 0 Å². The van der Waals surface area contributed by atoms with Gasteiger partial charge in [-0.15, -0.1) is 23.1 Å². The predicted molar refractivity (Wildman–Crippen MR) is 129 cm³/mol. The fourth-order valence-corrected chi connectivity index (χ4v) is 6.33. The van der Waals surface area contributed by atoms with Gasteiger partial charge in [0.15, 0.2) is 0 Å². The number of carbonyl (C=O) groups excluding carboxylic acids is 2. The summed E-state index contributed by atoms with van der Waals surface area (Å²) in [5.74, 6) is -0.126. The third-order valence-electron chi connectivity index (χ3n) is 5.61. The molecule has 0 saturated carbocycles. The second-order valence-corrected chi connectivity index (χ2v) is 9.74. The molecule has 0 bridgehead atoms. The molecule has 5 nitrogen and oxygen atoms in total. The van der Waals surface area contributed by atoms with Gasteiger partial charge in [0.25, 0.3) is 0 Å². The summed E-state index contributed by atoms with van der Waals surface area (Å²) < 4.78 is 7.52. The maximum Gasteiger partial charge on any atom is 0.341 e. The van der Waals surface area contributed by atoms with Crippen LogP contribution in [0.25, 0.3) is 10.9 Å². The normalized spacial score (nSPS) is 13.6. The number of aryl methyl sites for hydroxylation is 2. The van der Waals surface area contributed by atoms with Crippen molar-refractivity contribution in [2.24, 2.45) is 0 Å². The van der Waals surface area contributed by atoms with Crippen LogP contribution in [0.15, 0.2) is 35.4 Å². The van der Waals surface area contributed by atoms with Gasteiger partial charge in [-0.05, 0) is 51.2 Å². The highest BCUT2D eigenvalue weighted by Crippen LogP contribution is 2.38. The van der Waals surface area contributed by atoms with Crippen molar-refractivity contribution in [1.82, 2.24) is 4.57 Å². The molecule has 1 amide bonds. The summed E-state index contributed by atoms with van der Waals surface area (Å²) >= 11 is 3.08. The molecule has 164 valence electrons. The monoisotopic (exact) mass is 456 g/mol. The van der Waals surface area contributed by atoms with Crippen LogP contribution in [0, 0.1) is 0 Å². The zero-order valence-electron chi connectivity index (χ0n) is 18.0. The lowest BCUT2D eigenvalue weighted by Gasteiger charge is -2.08. The second-order valence-electron chi connectivity index (χ2n) is 7.62. The molecule has 2 aromatic heterocycles. The van der Waals surface area contributed by atoms with Gasteiger partial charge in [-0.3, -0.25) is 4.79 Å². The first-order valence-electron chi connectivity index (χ1n) is 10.9. The van der Waals surface area contributed by atoms with E-state index in [1.807, 2.05) is 19.1 Å². The van der Waals surface area contributed by atoms with E-state index in [0.29, 0.717) is 22.9 Å². The molecule has 0 fully saturated rings. The number of benzene rings is 1. The van der Waals surface area contributed by atoms with Crippen molar-refractivity contribution < 1.29 is 14.3 Å². The Morgan fingerprint density at radius 2 is 1.97 bits per heavy atom. The Morgan fingerprint density at radius 1 is 1.16 bits per heavy atom. The number of anilines is 1. The summed E-state index contributed by atoms with van der Waals surface area (Å²) in [6.07, 6.45) is 7.32. The fraction of sp³-hybridized carbons (Fsp3) is 0.417. The molecule has 3 aromatic rings. The summed E-state index contributed by atoms with van der Waals surface area (Å²) in [6.45, 7) is 5.14. The number of para-hydroxylation sites is 1. The molecule has 1 aliphatic rings. The first-order chi connectivity index (χ1) is 15.1. The Balaban J connectivity index is 1.52. The third-order valence-corrected chi connectivity index (χ3v) is 7.86. The Hall–Kier alpha value is -2.25. The van der Waals surface area contributed by atoms with E-state index in [-0.39, 0.29) is 11.9 Å². The van der Waals surface area contributed by atoms with Gasteiger partial charge >= 0.3 is 5.97 Å². The maximum atomic E-state index is 12.8. The van der Waals surface area contributed by atoms with E-state index >= 15 is 0 Å². The zero-order valence-corrected chi connectivity index (χ0v) is 19.7. The Bertz CT molecular complexity index is 1100. The van der Waals surface area contributed by atoms with E-state index in [1.165, 1.54) is 28.6 Å². The molecule has 1 aliphatic carbocycles. The van der Waals surface area contributed by atoms with Crippen LogP contribution in [0.4, 0.5) is 5.00 Å². The minimum absolute atomic E-state index is 0.0970.